The molecule has 5 aromatic carbocycles. The Balaban J connectivity index is 0.000000145. The van der Waals surface area contributed by atoms with Gasteiger partial charge in [-0.3, -0.25) is 28.8 Å². The second-order valence-electron chi connectivity index (χ2n) is 20.7. The summed E-state index contributed by atoms with van der Waals surface area (Å²) in [4.78, 5) is 98.3. The Morgan fingerprint density at radius 3 is 1.70 bits per heavy atom. The Labute approximate surface area is 495 Å². The van der Waals surface area contributed by atoms with Crippen molar-refractivity contribution in [2.24, 2.45) is 0 Å². The molecule has 7 heterocycles. The van der Waals surface area contributed by atoms with Crippen LogP contribution < -0.4 is 26.6 Å². The van der Waals surface area contributed by atoms with Gasteiger partial charge in [-0.1, -0.05) is 65.7 Å². The lowest BCUT2D eigenvalue weighted by molar-refractivity contribution is -0.145. The number of carbonyl (C=O) groups is 7. The Kier molecular flexibility index (Phi) is 17.7. The predicted molar refractivity (Wildman–Crippen MR) is 314 cm³/mol. The van der Waals surface area contributed by atoms with Crippen LogP contribution in [0.2, 0.25) is 5.02 Å². The molecule has 21 nitrogen and oxygen atoms in total. The maximum absolute atomic E-state index is 13.8. The third-order valence-corrected chi connectivity index (χ3v) is 15.1. The number of aromatic nitrogens is 6. The highest BCUT2D eigenvalue weighted by Gasteiger charge is 2.29. The summed E-state index contributed by atoms with van der Waals surface area (Å²) in [7, 11) is 2.58. The van der Waals surface area contributed by atoms with Crippen molar-refractivity contribution < 1.29 is 56.2 Å². The molecule has 0 fully saturated rings. The first-order chi connectivity index (χ1) is 41.4. The lowest BCUT2D eigenvalue weighted by Gasteiger charge is -2.17. The molecular formula is C62H60ClF2N11O10. The first-order valence-electron chi connectivity index (χ1n) is 27.7. The van der Waals surface area contributed by atoms with Gasteiger partial charge in [0.25, 0.3) is 23.6 Å². The largest absolute Gasteiger partial charge is 0.468 e. The van der Waals surface area contributed by atoms with Crippen LogP contribution in [0.15, 0.2) is 114 Å². The number of imidazole rings is 3. The Morgan fingerprint density at radius 1 is 0.651 bits per heavy atom. The van der Waals surface area contributed by atoms with Crippen molar-refractivity contribution in [1.29, 1.82) is 0 Å². The summed E-state index contributed by atoms with van der Waals surface area (Å²) in [6.45, 7) is 5.89. The summed E-state index contributed by atoms with van der Waals surface area (Å²) < 4.78 is 48.8. The highest BCUT2D eigenvalue weighted by molar-refractivity contribution is 6.33. The predicted octanol–water partition coefficient (Wildman–Crippen LogP) is 7.39. The molecule has 24 heteroatoms. The third-order valence-electron chi connectivity index (χ3n) is 14.8. The number of furan rings is 1. The molecule has 86 heavy (non-hydrogen) atoms. The molecule has 444 valence electrons. The number of amides is 5. The number of halogens is 3. The minimum Gasteiger partial charge on any atom is -0.468 e. The van der Waals surface area contributed by atoms with Crippen LogP contribution in [0, 0.1) is 6.92 Å². The average Bonchev–Trinajstić information content (AvgIpc) is 2.57. The van der Waals surface area contributed by atoms with Crippen molar-refractivity contribution >= 4 is 86.2 Å². The molecule has 3 aliphatic heterocycles. The van der Waals surface area contributed by atoms with Crippen LogP contribution in [-0.2, 0) is 73.5 Å². The number of hydrogen-bond donors (Lipinski definition) is 5. The molecule has 12 rings (SSSR count). The molecular weight excluding hydrogens is 1130 g/mol. The second-order valence-corrected chi connectivity index (χ2v) is 21.1. The number of nitrogens with zero attached hydrogens (tertiary/aromatic N) is 6. The molecule has 0 aliphatic carbocycles. The number of rotatable bonds is 15. The molecule has 4 aromatic heterocycles. The Hall–Kier alpha value is -9.77. The van der Waals surface area contributed by atoms with Gasteiger partial charge >= 0.3 is 11.9 Å². The monoisotopic (exact) mass is 1190 g/mol. The molecule has 9 aromatic rings. The van der Waals surface area contributed by atoms with Gasteiger partial charge in [-0.05, 0) is 73.2 Å². The Bertz CT molecular complexity index is 4110. The number of para-hydroxylation sites is 3. The standard InChI is InChI=1S/C24H26N4O4.C22H16ClF2N3O2.C16H18N4O4/c1-15-6-8-16(9-7-15)14-19(24(31)32-2)27-21(29)11-10-20-26-18-5-3-4-17-22(18)28(20)13-12-25-23(17)30;1-22(24,25)12-5-6-15(23)14(11-12)17-7-8-18(30-17)20-27-16-4-2-3-13-19(16)28(20)10-9-26-21(13)29;1-24-14(22)9-18-13(21)6-5-12-19-11-4-2-3-10-15(11)20(12)8-7-17-16(10)23/h3-9,19H,10-14H2,1-2H3,(H,25,30)(H,27,29);2-8,11H,9-10H2,1H3,(H,26,29);2-4H,5-9H2,1H3,(H,17,23)(H,18,21). The van der Waals surface area contributed by atoms with E-state index in [9.17, 15) is 42.3 Å². The number of benzene rings is 5. The smallest absolute Gasteiger partial charge is 0.328 e. The van der Waals surface area contributed by atoms with Gasteiger partial charge in [0.05, 0.1) is 69.0 Å². The van der Waals surface area contributed by atoms with Crippen molar-refractivity contribution in [3.05, 3.63) is 159 Å². The van der Waals surface area contributed by atoms with E-state index in [1.54, 1.807) is 42.5 Å². The minimum absolute atomic E-state index is 0.110. The number of hydrogen-bond acceptors (Lipinski definition) is 13. The van der Waals surface area contributed by atoms with Gasteiger partial charge in [0, 0.05) is 89.4 Å². The van der Waals surface area contributed by atoms with Crippen LogP contribution in [0.3, 0.4) is 0 Å². The van der Waals surface area contributed by atoms with Gasteiger partial charge in [0.1, 0.15) is 30.0 Å². The molecule has 5 amide bonds. The van der Waals surface area contributed by atoms with Gasteiger partial charge in [0.15, 0.2) is 11.6 Å². The van der Waals surface area contributed by atoms with Gasteiger partial charge in [0.2, 0.25) is 11.8 Å². The summed E-state index contributed by atoms with van der Waals surface area (Å²) in [5.41, 5.74) is 8.55. The van der Waals surface area contributed by atoms with Crippen molar-refractivity contribution in [2.45, 2.75) is 77.6 Å². The summed E-state index contributed by atoms with van der Waals surface area (Å²) in [6.07, 6.45) is 1.55. The summed E-state index contributed by atoms with van der Waals surface area (Å²) in [5, 5.41) is 14.2. The molecule has 5 N–H and O–H groups in total. The molecule has 3 aliphatic rings. The number of aryl methyl sites for hydroxylation is 3. The Morgan fingerprint density at radius 2 is 1.16 bits per heavy atom. The van der Waals surface area contributed by atoms with Crippen LogP contribution in [0.4, 0.5) is 8.78 Å². The van der Waals surface area contributed by atoms with Gasteiger partial charge in [-0.25, -0.2) is 28.5 Å². The summed E-state index contributed by atoms with van der Waals surface area (Å²) in [5.74, 6) is -1.95. The number of esters is 2. The molecule has 0 saturated heterocycles. The number of carbonyl (C=O) groups excluding carboxylic acids is 7. The normalized spacial score (nSPS) is 13.8. The van der Waals surface area contributed by atoms with Crippen molar-refractivity contribution in [3.63, 3.8) is 0 Å². The van der Waals surface area contributed by atoms with Gasteiger partial charge < -0.3 is 54.2 Å². The molecule has 0 radical (unpaired) electrons. The van der Waals surface area contributed by atoms with Crippen molar-refractivity contribution in [2.75, 3.05) is 40.4 Å². The van der Waals surface area contributed by atoms with Crippen LogP contribution >= 0.6 is 11.6 Å². The lowest BCUT2D eigenvalue weighted by Crippen LogP contribution is -2.43. The van der Waals surface area contributed by atoms with E-state index in [1.165, 1.54) is 32.4 Å². The summed E-state index contributed by atoms with van der Waals surface area (Å²) >= 11 is 6.25. The van der Waals surface area contributed by atoms with E-state index < -0.39 is 23.9 Å². The topological polar surface area (TPSA) is 265 Å². The SMILES string of the molecule is CC(F)(F)c1ccc(Cl)c(-c2ccc(-c3nc4cccc5c4n3CCNC5=O)o2)c1.COC(=O)C(Cc1ccc(C)cc1)NC(=O)CCc1nc2cccc3c2n1CCNC3=O.COC(=O)CNC(=O)CCc1nc2cccc3c2n1CCNC3=O. The van der Waals surface area contributed by atoms with Crippen LogP contribution in [0.5, 0.6) is 0 Å². The number of methoxy groups -OCH3 is 2. The fourth-order valence-corrected chi connectivity index (χ4v) is 10.7. The number of alkyl halides is 2. The third kappa shape index (κ3) is 13.0. The van der Waals surface area contributed by atoms with Crippen LogP contribution in [-0.4, -0.2) is 117 Å². The highest BCUT2D eigenvalue weighted by Crippen LogP contribution is 2.38. The highest BCUT2D eigenvalue weighted by atomic mass is 35.5. The maximum Gasteiger partial charge on any atom is 0.328 e. The molecule has 0 bridgehead atoms. The van der Waals surface area contributed by atoms with E-state index in [2.05, 4.69) is 46.3 Å². The van der Waals surface area contributed by atoms with E-state index in [-0.39, 0.29) is 54.5 Å². The first kappa shape index (κ1) is 59.4. The van der Waals surface area contributed by atoms with Crippen LogP contribution in [0.1, 0.15) is 79.2 Å². The zero-order valence-electron chi connectivity index (χ0n) is 47.4. The lowest BCUT2D eigenvalue weighted by atomic mass is 10.0. The molecule has 1 unspecified atom stereocenters. The van der Waals surface area contributed by atoms with Crippen molar-refractivity contribution in [3.8, 4) is 22.9 Å². The minimum atomic E-state index is -2.99. The fraction of sp³-hybridized carbons (Fsp3) is 0.290. The fourth-order valence-electron chi connectivity index (χ4n) is 10.5. The maximum atomic E-state index is 13.8. The molecule has 1 atom stereocenters. The van der Waals surface area contributed by atoms with E-state index in [4.69, 9.17) is 20.8 Å². The molecule has 0 spiro atoms. The molecule has 0 saturated carbocycles. The van der Waals surface area contributed by atoms with Crippen LogP contribution in [0.25, 0.3) is 56.0 Å². The average molecular weight is 1190 g/mol. The number of ether oxygens (including phenoxy) is 2. The zero-order chi connectivity index (χ0) is 60.8. The quantitative estimate of drug-likeness (QED) is 0.0628. The van der Waals surface area contributed by atoms with E-state index in [0.29, 0.717) is 109 Å². The van der Waals surface area contributed by atoms with E-state index in [0.717, 1.165) is 57.3 Å². The summed E-state index contributed by atoms with van der Waals surface area (Å²) in [6, 6.07) is 30.8. The zero-order valence-corrected chi connectivity index (χ0v) is 48.1. The van der Waals surface area contributed by atoms with Gasteiger partial charge in [-0.2, -0.15) is 0 Å². The number of nitrogens with one attached hydrogen (secondary N) is 5. The van der Waals surface area contributed by atoms with E-state index in [1.807, 2.05) is 69.2 Å². The van der Waals surface area contributed by atoms with Crippen molar-refractivity contribution in [1.82, 2.24) is 55.2 Å². The first-order valence-corrected chi connectivity index (χ1v) is 28.1. The van der Waals surface area contributed by atoms with E-state index >= 15 is 0 Å². The van der Waals surface area contributed by atoms with Gasteiger partial charge in [-0.15, -0.1) is 0 Å². The second kappa shape index (κ2) is 25.6.